The molecule has 14 heavy (non-hydrogen) atoms. The summed E-state index contributed by atoms with van der Waals surface area (Å²) in [6.07, 6.45) is 0. The molecule has 1 aromatic carbocycles. The van der Waals surface area contributed by atoms with Crippen molar-refractivity contribution < 1.29 is 9.47 Å². The monoisotopic (exact) mass is 259 g/mol. The van der Waals surface area contributed by atoms with Crippen LogP contribution >= 0.6 is 15.9 Å². The third-order valence-corrected chi connectivity index (χ3v) is 2.51. The highest BCUT2D eigenvalue weighted by atomic mass is 79.9. The van der Waals surface area contributed by atoms with Crippen molar-refractivity contribution in [1.29, 1.82) is 0 Å². The van der Waals surface area contributed by atoms with E-state index in [9.17, 15) is 0 Å². The summed E-state index contributed by atoms with van der Waals surface area (Å²) in [6, 6.07) is 3.75. The Labute approximate surface area is 92.3 Å². The minimum absolute atomic E-state index is 0.219. The summed E-state index contributed by atoms with van der Waals surface area (Å²) in [5, 5.41) is 0. The molecule has 1 aromatic rings. The van der Waals surface area contributed by atoms with Crippen LogP contribution in [0, 0.1) is 6.92 Å². The van der Waals surface area contributed by atoms with Gasteiger partial charge >= 0.3 is 0 Å². The van der Waals surface area contributed by atoms with E-state index in [1.165, 1.54) is 0 Å². The molecule has 0 saturated heterocycles. The SMILES string of the molecule is COc1cc(C)c(C(N)Br)c(OC)c1. The molecule has 1 atom stereocenters. The van der Waals surface area contributed by atoms with Crippen molar-refractivity contribution in [2.45, 2.75) is 11.9 Å². The largest absolute Gasteiger partial charge is 0.497 e. The van der Waals surface area contributed by atoms with Gasteiger partial charge in [0.2, 0.25) is 0 Å². The van der Waals surface area contributed by atoms with Crippen LogP contribution in [0.25, 0.3) is 0 Å². The number of hydrogen-bond acceptors (Lipinski definition) is 3. The summed E-state index contributed by atoms with van der Waals surface area (Å²) in [5.41, 5.74) is 7.78. The van der Waals surface area contributed by atoms with Gasteiger partial charge in [-0.25, -0.2) is 0 Å². The third kappa shape index (κ3) is 2.19. The first-order valence-electron chi connectivity index (χ1n) is 4.22. The van der Waals surface area contributed by atoms with Crippen LogP contribution < -0.4 is 15.2 Å². The standard InChI is InChI=1S/C10H14BrNO2/c1-6-4-7(13-2)5-8(14-3)9(6)10(11)12/h4-5,10H,12H2,1-3H3. The van der Waals surface area contributed by atoms with E-state index in [1.807, 2.05) is 19.1 Å². The van der Waals surface area contributed by atoms with Crippen LogP contribution in [0.4, 0.5) is 0 Å². The molecule has 0 amide bonds. The molecule has 1 unspecified atom stereocenters. The van der Waals surface area contributed by atoms with Crippen LogP contribution in [0.1, 0.15) is 16.1 Å². The van der Waals surface area contributed by atoms with Gasteiger partial charge in [0.05, 0.1) is 19.2 Å². The predicted octanol–water partition coefficient (Wildman–Crippen LogP) is 2.36. The van der Waals surface area contributed by atoms with Gasteiger partial charge in [0.1, 0.15) is 11.5 Å². The summed E-state index contributed by atoms with van der Waals surface area (Å²) in [6.45, 7) is 1.97. The van der Waals surface area contributed by atoms with Crippen LogP contribution in [0.5, 0.6) is 11.5 Å². The summed E-state index contributed by atoms with van der Waals surface area (Å²) < 4.78 is 10.4. The topological polar surface area (TPSA) is 44.5 Å². The molecule has 3 nitrogen and oxygen atoms in total. The molecule has 0 fully saturated rings. The molecule has 2 N–H and O–H groups in total. The highest BCUT2D eigenvalue weighted by Crippen LogP contribution is 2.34. The molecule has 0 bridgehead atoms. The first kappa shape index (κ1) is 11.3. The van der Waals surface area contributed by atoms with Gasteiger partial charge in [-0.15, -0.1) is 0 Å². The second kappa shape index (κ2) is 4.66. The number of benzene rings is 1. The lowest BCUT2D eigenvalue weighted by Crippen LogP contribution is -2.06. The molecular weight excluding hydrogens is 246 g/mol. The van der Waals surface area contributed by atoms with Crippen molar-refractivity contribution in [3.8, 4) is 11.5 Å². The highest BCUT2D eigenvalue weighted by Gasteiger charge is 2.13. The van der Waals surface area contributed by atoms with Crippen molar-refractivity contribution in [2.24, 2.45) is 5.73 Å². The average molecular weight is 260 g/mol. The van der Waals surface area contributed by atoms with E-state index in [2.05, 4.69) is 15.9 Å². The Bertz CT molecular complexity index is 326. The molecule has 0 spiro atoms. The Kier molecular flexibility index (Phi) is 3.77. The van der Waals surface area contributed by atoms with Crippen molar-refractivity contribution >= 4 is 15.9 Å². The quantitative estimate of drug-likeness (QED) is 0.670. The highest BCUT2D eigenvalue weighted by molar-refractivity contribution is 9.09. The first-order valence-corrected chi connectivity index (χ1v) is 5.14. The number of alkyl halides is 1. The van der Waals surface area contributed by atoms with Crippen LogP contribution in [-0.2, 0) is 0 Å². The maximum absolute atomic E-state index is 5.78. The van der Waals surface area contributed by atoms with Crippen LogP contribution in [-0.4, -0.2) is 14.2 Å². The van der Waals surface area contributed by atoms with Gasteiger partial charge in [-0.2, -0.15) is 0 Å². The summed E-state index contributed by atoms with van der Waals surface area (Å²) in [4.78, 5) is -0.219. The lowest BCUT2D eigenvalue weighted by Gasteiger charge is -2.15. The molecule has 0 aliphatic carbocycles. The fourth-order valence-electron chi connectivity index (χ4n) is 1.37. The molecule has 0 aliphatic rings. The van der Waals surface area contributed by atoms with Crippen molar-refractivity contribution in [2.75, 3.05) is 14.2 Å². The number of ether oxygens (including phenoxy) is 2. The van der Waals surface area contributed by atoms with E-state index < -0.39 is 0 Å². The Morgan fingerprint density at radius 1 is 1.29 bits per heavy atom. The molecule has 4 heteroatoms. The number of methoxy groups -OCH3 is 2. The fraction of sp³-hybridized carbons (Fsp3) is 0.400. The van der Waals surface area contributed by atoms with E-state index in [1.54, 1.807) is 14.2 Å². The maximum Gasteiger partial charge on any atom is 0.128 e. The van der Waals surface area contributed by atoms with Crippen LogP contribution in [0.15, 0.2) is 12.1 Å². The Balaban J connectivity index is 3.27. The molecule has 0 aliphatic heterocycles. The number of rotatable bonds is 3. The van der Waals surface area contributed by atoms with Gasteiger partial charge in [0.15, 0.2) is 0 Å². The van der Waals surface area contributed by atoms with E-state index in [-0.39, 0.29) is 4.95 Å². The zero-order valence-electron chi connectivity index (χ0n) is 8.50. The van der Waals surface area contributed by atoms with E-state index >= 15 is 0 Å². The normalized spacial score (nSPS) is 12.4. The Morgan fingerprint density at radius 2 is 1.93 bits per heavy atom. The van der Waals surface area contributed by atoms with Gasteiger partial charge < -0.3 is 15.2 Å². The minimum atomic E-state index is -0.219. The van der Waals surface area contributed by atoms with Crippen molar-refractivity contribution in [1.82, 2.24) is 0 Å². The summed E-state index contributed by atoms with van der Waals surface area (Å²) >= 11 is 3.33. The molecule has 0 aromatic heterocycles. The van der Waals surface area contributed by atoms with E-state index in [0.717, 1.165) is 22.6 Å². The third-order valence-electron chi connectivity index (χ3n) is 2.05. The molecule has 1 rings (SSSR count). The Morgan fingerprint density at radius 3 is 2.36 bits per heavy atom. The smallest absolute Gasteiger partial charge is 0.128 e. The zero-order chi connectivity index (χ0) is 10.7. The van der Waals surface area contributed by atoms with Gasteiger partial charge in [-0.3, -0.25) is 0 Å². The van der Waals surface area contributed by atoms with Gasteiger partial charge in [-0.05, 0) is 18.6 Å². The maximum atomic E-state index is 5.78. The van der Waals surface area contributed by atoms with Gasteiger partial charge in [-0.1, -0.05) is 15.9 Å². The lowest BCUT2D eigenvalue weighted by molar-refractivity contribution is 0.390. The zero-order valence-corrected chi connectivity index (χ0v) is 10.1. The fourth-order valence-corrected chi connectivity index (χ4v) is 1.96. The minimum Gasteiger partial charge on any atom is -0.497 e. The molecular formula is C10H14BrNO2. The first-order chi connectivity index (χ1) is 6.60. The van der Waals surface area contributed by atoms with E-state index in [0.29, 0.717) is 0 Å². The summed E-state index contributed by atoms with van der Waals surface area (Å²) in [7, 11) is 3.25. The number of nitrogens with two attached hydrogens (primary N) is 1. The Hall–Kier alpha value is -0.740. The summed E-state index contributed by atoms with van der Waals surface area (Å²) in [5.74, 6) is 1.52. The lowest BCUT2D eigenvalue weighted by atomic mass is 10.1. The number of halogens is 1. The molecule has 0 saturated carbocycles. The molecule has 0 radical (unpaired) electrons. The van der Waals surface area contributed by atoms with Crippen LogP contribution in [0.3, 0.4) is 0 Å². The number of aryl methyl sites for hydroxylation is 1. The van der Waals surface area contributed by atoms with E-state index in [4.69, 9.17) is 15.2 Å². The predicted molar refractivity (Wildman–Crippen MR) is 60.1 cm³/mol. The van der Waals surface area contributed by atoms with Crippen molar-refractivity contribution in [3.05, 3.63) is 23.3 Å². The van der Waals surface area contributed by atoms with Gasteiger partial charge in [0, 0.05) is 11.6 Å². The average Bonchev–Trinajstić information content (AvgIpc) is 2.15. The van der Waals surface area contributed by atoms with Gasteiger partial charge in [0.25, 0.3) is 0 Å². The second-order valence-electron chi connectivity index (χ2n) is 2.96. The van der Waals surface area contributed by atoms with Crippen LogP contribution in [0.2, 0.25) is 0 Å². The molecule has 78 valence electrons. The van der Waals surface area contributed by atoms with Crippen molar-refractivity contribution in [3.63, 3.8) is 0 Å². The second-order valence-corrected chi connectivity index (χ2v) is 3.95. The molecule has 0 heterocycles. The number of hydrogen-bond donors (Lipinski definition) is 1.